The summed E-state index contributed by atoms with van der Waals surface area (Å²) >= 11 is 1.62. The number of aryl methyl sites for hydroxylation is 1. The molecule has 0 aliphatic heterocycles. The van der Waals surface area contributed by atoms with Gasteiger partial charge in [0.05, 0.1) is 12.1 Å². The fraction of sp³-hybridized carbons (Fsp3) is 0.188. The van der Waals surface area contributed by atoms with Crippen molar-refractivity contribution in [3.63, 3.8) is 0 Å². The van der Waals surface area contributed by atoms with Gasteiger partial charge in [-0.05, 0) is 47.0 Å². The minimum absolute atomic E-state index is 0.113. The highest BCUT2D eigenvalue weighted by Crippen LogP contribution is 2.12. The molecule has 2 rings (SSSR count). The molecule has 3 nitrogen and oxygen atoms in total. The van der Waals surface area contributed by atoms with E-state index in [1.54, 1.807) is 17.4 Å². The van der Waals surface area contributed by atoms with Gasteiger partial charge in [0.15, 0.2) is 0 Å². The monoisotopic (exact) mass is 284 g/mol. The Morgan fingerprint density at radius 2 is 2.25 bits per heavy atom. The molecule has 1 heterocycles. The molecule has 1 amide bonds. The molecule has 0 aliphatic carbocycles. The van der Waals surface area contributed by atoms with Crippen LogP contribution in [0.25, 0.3) is 0 Å². The zero-order valence-corrected chi connectivity index (χ0v) is 12.1. The van der Waals surface area contributed by atoms with Gasteiger partial charge in [-0.3, -0.25) is 4.79 Å². The predicted molar refractivity (Wildman–Crippen MR) is 82.6 cm³/mol. The number of nitrogens with two attached hydrogens (primary N) is 1. The van der Waals surface area contributed by atoms with Crippen molar-refractivity contribution in [3.8, 4) is 11.8 Å². The number of hydrogen-bond acceptors (Lipinski definition) is 3. The van der Waals surface area contributed by atoms with E-state index in [0.29, 0.717) is 12.1 Å². The first-order valence-corrected chi connectivity index (χ1v) is 7.24. The van der Waals surface area contributed by atoms with Crippen molar-refractivity contribution >= 4 is 17.2 Å². The van der Waals surface area contributed by atoms with E-state index in [1.165, 1.54) is 0 Å². The Labute approximate surface area is 122 Å². The van der Waals surface area contributed by atoms with E-state index < -0.39 is 0 Å². The van der Waals surface area contributed by atoms with E-state index >= 15 is 0 Å². The Bertz CT molecular complexity index is 651. The van der Waals surface area contributed by atoms with Crippen LogP contribution in [0.15, 0.2) is 35.0 Å². The highest BCUT2D eigenvalue weighted by atomic mass is 32.1. The molecular weight excluding hydrogens is 268 g/mol. The zero-order chi connectivity index (χ0) is 14.4. The van der Waals surface area contributed by atoms with Crippen molar-refractivity contribution in [2.24, 2.45) is 5.73 Å². The maximum atomic E-state index is 12.2. The van der Waals surface area contributed by atoms with Crippen LogP contribution in [0.4, 0.5) is 0 Å². The Balaban J connectivity index is 2.16. The van der Waals surface area contributed by atoms with Crippen molar-refractivity contribution in [2.75, 3.05) is 6.54 Å². The Morgan fingerprint density at radius 3 is 2.95 bits per heavy atom. The number of benzene rings is 1. The van der Waals surface area contributed by atoms with Gasteiger partial charge in [0.1, 0.15) is 0 Å². The van der Waals surface area contributed by atoms with Crippen LogP contribution in [0.2, 0.25) is 0 Å². The molecule has 1 aromatic heterocycles. The minimum Gasteiger partial charge on any atom is -0.348 e. The van der Waals surface area contributed by atoms with Gasteiger partial charge < -0.3 is 11.1 Å². The van der Waals surface area contributed by atoms with E-state index in [2.05, 4.69) is 17.2 Å². The zero-order valence-electron chi connectivity index (χ0n) is 11.3. The molecule has 0 radical (unpaired) electrons. The third-order valence-corrected chi connectivity index (χ3v) is 3.51. The van der Waals surface area contributed by atoms with Gasteiger partial charge in [-0.25, -0.2) is 0 Å². The van der Waals surface area contributed by atoms with Crippen LogP contribution in [0.5, 0.6) is 0 Å². The second-order valence-corrected chi connectivity index (χ2v) is 5.15. The summed E-state index contributed by atoms with van der Waals surface area (Å²) in [6, 6.07) is 7.61. The number of carbonyl (C=O) groups excluding carboxylic acids is 1. The van der Waals surface area contributed by atoms with Gasteiger partial charge in [-0.1, -0.05) is 17.9 Å². The summed E-state index contributed by atoms with van der Waals surface area (Å²) in [7, 11) is 0. The smallest absolute Gasteiger partial charge is 0.252 e. The SMILES string of the molecule is Cc1ccc(C(=O)NCc2ccsc2)c(C#CCN)c1. The predicted octanol–water partition coefficient (Wildman–Crippen LogP) is 2.30. The maximum absolute atomic E-state index is 12.2. The molecule has 102 valence electrons. The van der Waals surface area contributed by atoms with Crippen LogP contribution in [-0.4, -0.2) is 12.5 Å². The van der Waals surface area contributed by atoms with Crippen LogP contribution in [0.1, 0.15) is 27.0 Å². The van der Waals surface area contributed by atoms with Crippen LogP contribution in [0, 0.1) is 18.8 Å². The first-order valence-electron chi connectivity index (χ1n) is 6.29. The van der Waals surface area contributed by atoms with Crippen molar-refractivity contribution in [1.82, 2.24) is 5.32 Å². The molecule has 3 N–H and O–H groups in total. The molecule has 0 saturated heterocycles. The van der Waals surface area contributed by atoms with Crippen LogP contribution < -0.4 is 11.1 Å². The molecule has 2 aromatic rings. The standard InChI is InChI=1S/C16H16N2OS/c1-12-4-5-15(14(9-12)3-2-7-17)16(19)18-10-13-6-8-20-11-13/h4-6,8-9,11H,7,10,17H2,1H3,(H,18,19). The second-order valence-electron chi connectivity index (χ2n) is 4.37. The van der Waals surface area contributed by atoms with E-state index in [-0.39, 0.29) is 12.5 Å². The lowest BCUT2D eigenvalue weighted by Gasteiger charge is -2.07. The second kappa shape index (κ2) is 6.90. The molecular formula is C16H16N2OS. The Hall–Kier alpha value is -2.09. The summed E-state index contributed by atoms with van der Waals surface area (Å²) in [6.07, 6.45) is 0. The van der Waals surface area contributed by atoms with Gasteiger partial charge >= 0.3 is 0 Å². The van der Waals surface area contributed by atoms with Gasteiger partial charge in [0.25, 0.3) is 5.91 Å². The summed E-state index contributed by atoms with van der Waals surface area (Å²) in [4.78, 5) is 12.2. The fourth-order valence-electron chi connectivity index (χ4n) is 1.78. The first-order chi connectivity index (χ1) is 9.70. The first kappa shape index (κ1) is 14.3. The topological polar surface area (TPSA) is 55.1 Å². The van der Waals surface area contributed by atoms with Gasteiger partial charge in [-0.2, -0.15) is 11.3 Å². The molecule has 0 saturated carbocycles. The molecule has 0 bridgehead atoms. The molecule has 20 heavy (non-hydrogen) atoms. The Kier molecular flexibility index (Phi) is 4.94. The molecule has 0 unspecified atom stereocenters. The van der Waals surface area contributed by atoms with E-state index in [4.69, 9.17) is 5.73 Å². The largest absolute Gasteiger partial charge is 0.348 e. The third kappa shape index (κ3) is 3.70. The lowest BCUT2D eigenvalue weighted by Crippen LogP contribution is -2.23. The highest BCUT2D eigenvalue weighted by molar-refractivity contribution is 7.07. The number of rotatable bonds is 3. The lowest BCUT2D eigenvalue weighted by molar-refractivity contribution is 0.0950. The number of carbonyl (C=O) groups is 1. The summed E-state index contributed by atoms with van der Waals surface area (Å²) in [5.74, 6) is 5.64. The fourth-order valence-corrected chi connectivity index (χ4v) is 2.45. The van der Waals surface area contributed by atoms with Crippen molar-refractivity contribution in [1.29, 1.82) is 0 Å². The highest BCUT2D eigenvalue weighted by Gasteiger charge is 2.10. The normalized spacial score (nSPS) is 9.70. The summed E-state index contributed by atoms with van der Waals surface area (Å²) in [5.41, 5.74) is 8.87. The van der Waals surface area contributed by atoms with Gasteiger partial charge in [0, 0.05) is 12.1 Å². The Morgan fingerprint density at radius 1 is 1.40 bits per heavy atom. The summed E-state index contributed by atoms with van der Waals surface area (Å²) < 4.78 is 0. The van der Waals surface area contributed by atoms with Crippen molar-refractivity contribution in [3.05, 3.63) is 57.3 Å². The van der Waals surface area contributed by atoms with Crippen LogP contribution >= 0.6 is 11.3 Å². The number of amides is 1. The van der Waals surface area contributed by atoms with E-state index in [0.717, 1.165) is 16.7 Å². The van der Waals surface area contributed by atoms with Crippen LogP contribution in [0.3, 0.4) is 0 Å². The maximum Gasteiger partial charge on any atom is 0.252 e. The minimum atomic E-state index is -0.113. The van der Waals surface area contributed by atoms with Crippen molar-refractivity contribution in [2.45, 2.75) is 13.5 Å². The molecule has 0 atom stereocenters. The third-order valence-electron chi connectivity index (χ3n) is 2.78. The molecule has 4 heteroatoms. The molecule has 1 aromatic carbocycles. The number of nitrogens with one attached hydrogen (secondary N) is 1. The van der Waals surface area contributed by atoms with Crippen molar-refractivity contribution < 1.29 is 4.79 Å². The average Bonchev–Trinajstić information content (AvgIpc) is 2.96. The van der Waals surface area contributed by atoms with Crippen LogP contribution in [-0.2, 0) is 6.54 Å². The number of hydrogen-bond donors (Lipinski definition) is 2. The lowest BCUT2D eigenvalue weighted by atomic mass is 10.0. The van der Waals surface area contributed by atoms with E-state index in [1.807, 2.05) is 35.9 Å². The molecule has 0 fully saturated rings. The quantitative estimate of drug-likeness (QED) is 0.850. The summed E-state index contributed by atoms with van der Waals surface area (Å²) in [6.45, 7) is 2.78. The van der Waals surface area contributed by atoms with Gasteiger partial charge in [-0.15, -0.1) is 0 Å². The molecule has 0 aliphatic rings. The molecule has 0 spiro atoms. The number of thiophene rings is 1. The van der Waals surface area contributed by atoms with Gasteiger partial charge in [0.2, 0.25) is 0 Å². The van der Waals surface area contributed by atoms with E-state index in [9.17, 15) is 4.79 Å². The average molecular weight is 284 g/mol. The summed E-state index contributed by atoms with van der Waals surface area (Å²) in [5, 5.41) is 6.92.